The summed E-state index contributed by atoms with van der Waals surface area (Å²) in [6.07, 6.45) is 13.6. The number of thiazole rings is 1. The van der Waals surface area contributed by atoms with E-state index in [1.165, 1.54) is 64.7 Å². The van der Waals surface area contributed by atoms with Gasteiger partial charge in [-0.2, -0.15) is 9.61 Å². The van der Waals surface area contributed by atoms with Crippen molar-refractivity contribution < 1.29 is 13.9 Å². The third-order valence-corrected chi connectivity index (χ3v) is 18.3. The monoisotopic (exact) mass is 1210 g/mol. The summed E-state index contributed by atoms with van der Waals surface area (Å²) in [6.45, 7) is 36.2. The molecule has 10 rings (SSSR count). The minimum absolute atomic E-state index is 0.0323. The van der Waals surface area contributed by atoms with Crippen LogP contribution in [0.4, 0.5) is 21.2 Å². The summed E-state index contributed by atoms with van der Waals surface area (Å²) in [4.78, 5) is 25.2. The first-order chi connectivity index (χ1) is 41.6. The molecule has 0 radical (unpaired) electrons. The van der Waals surface area contributed by atoms with Crippen LogP contribution in [0, 0.1) is 107 Å². The van der Waals surface area contributed by atoms with E-state index in [4.69, 9.17) is 52.5 Å². The van der Waals surface area contributed by atoms with Crippen LogP contribution in [-0.2, 0) is 0 Å². The Morgan fingerprint density at radius 3 is 2.10 bits per heavy atom. The fraction of sp³-hybridized carbons (Fsp3) is 0.431. The van der Waals surface area contributed by atoms with Gasteiger partial charge in [-0.1, -0.05) is 93.5 Å². The van der Waals surface area contributed by atoms with Crippen LogP contribution in [0.2, 0.25) is 5.02 Å². The number of aryl methyl sites for hydroxylation is 11. The second-order valence-corrected chi connectivity index (χ2v) is 25.2. The highest BCUT2D eigenvalue weighted by atomic mass is 35.5. The zero-order valence-electron chi connectivity index (χ0n) is 54.7. The van der Waals surface area contributed by atoms with Crippen LogP contribution in [0.15, 0.2) is 66.7 Å². The Balaban J connectivity index is 0.000000171. The molecule has 1 atom stereocenters. The molecule has 5 heterocycles. The van der Waals surface area contributed by atoms with Crippen LogP contribution in [0.25, 0.3) is 44.8 Å². The van der Waals surface area contributed by atoms with E-state index < -0.39 is 0 Å². The number of fused-ring (bicyclic) bond motifs is 2. The first kappa shape index (κ1) is 65.5. The lowest BCUT2D eigenvalue weighted by molar-refractivity contribution is 0.412. The summed E-state index contributed by atoms with van der Waals surface area (Å²) in [5, 5.41) is 11.0. The van der Waals surface area contributed by atoms with Gasteiger partial charge >= 0.3 is 0 Å². The maximum Gasteiger partial charge on any atom is 0.187 e. The van der Waals surface area contributed by atoms with Crippen molar-refractivity contribution in [3.05, 3.63) is 150 Å². The van der Waals surface area contributed by atoms with Crippen molar-refractivity contribution in [2.45, 2.75) is 168 Å². The van der Waals surface area contributed by atoms with E-state index in [2.05, 4.69) is 125 Å². The molecule has 0 bridgehead atoms. The molecule has 1 fully saturated rings. The zero-order chi connectivity index (χ0) is 63.1. The average Bonchev–Trinajstić information content (AvgIpc) is 1.65. The zero-order valence-corrected chi connectivity index (χ0v) is 56.3. The van der Waals surface area contributed by atoms with Gasteiger partial charge in [0.1, 0.15) is 34.8 Å². The Hall–Kier alpha value is -7.47. The number of rotatable bonds is 20. The number of terminal acetylenes is 1. The number of unbranched alkanes of at least 4 members (excludes halogenated alkanes) is 1. The number of methoxy groups -OCH3 is 2. The number of halogens is 2. The van der Waals surface area contributed by atoms with Gasteiger partial charge in [0.05, 0.1) is 54.3 Å². The number of nitrogens with one attached hydrogen (secondary N) is 1. The lowest BCUT2D eigenvalue weighted by Crippen LogP contribution is -2.29. The van der Waals surface area contributed by atoms with E-state index in [1.807, 2.05) is 69.5 Å². The molecule has 9 aromatic rings. The smallest absolute Gasteiger partial charge is 0.187 e. The fourth-order valence-corrected chi connectivity index (χ4v) is 13.1. The number of nitrogens with zero attached hydrogens (tertiary/aromatic N) is 9. The third-order valence-electron chi connectivity index (χ3n) is 16.9. The van der Waals surface area contributed by atoms with Crippen LogP contribution in [0.3, 0.4) is 0 Å². The molecule has 4 aromatic carbocycles. The summed E-state index contributed by atoms with van der Waals surface area (Å²) >= 11 is 8.20. The molecule has 12 nitrogen and oxygen atoms in total. The van der Waals surface area contributed by atoms with Crippen molar-refractivity contribution in [3.8, 4) is 51.9 Å². The van der Waals surface area contributed by atoms with Gasteiger partial charge in [0.2, 0.25) is 0 Å². The van der Waals surface area contributed by atoms with E-state index in [0.717, 1.165) is 133 Å². The lowest BCUT2D eigenvalue weighted by atomic mass is 9.98. The summed E-state index contributed by atoms with van der Waals surface area (Å²) in [7, 11) is 3.33. The van der Waals surface area contributed by atoms with Crippen LogP contribution >= 0.6 is 22.9 Å². The minimum Gasteiger partial charge on any atom is -0.497 e. The van der Waals surface area contributed by atoms with Crippen LogP contribution < -0.4 is 24.6 Å². The number of anilines is 3. The van der Waals surface area contributed by atoms with Gasteiger partial charge in [-0.15, -0.1) is 17.8 Å². The first-order valence-corrected chi connectivity index (χ1v) is 32.1. The molecular weight excluding hydrogens is 1120 g/mol. The molecule has 0 aliphatic heterocycles. The predicted molar refractivity (Wildman–Crippen MR) is 363 cm³/mol. The fourth-order valence-electron chi connectivity index (χ4n) is 11.9. The van der Waals surface area contributed by atoms with Gasteiger partial charge in [0, 0.05) is 52.6 Å². The molecule has 1 aliphatic rings. The molecule has 15 heteroatoms. The van der Waals surface area contributed by atoms with Gasteiger partial charge < -0.3 is 24.6 Å². The number of aromatic nitrogens is 7. The van der Waals surface area contributed by atoms with Gasteiger partial charge in [0.25, 0.3) is 0 Å². The predicted octanol–water partition coefficient (Wildman–Crippen LogP) is 18.3. The third kappa shape index (κ3) is 14.4. The van der Waals surface area contributed by atoms with Crippen molar-refractivity contribution in [1.29, 1.82) is 0 Å². The second-order valence-electron chi connectivity index (χ2n) is 23.6. The molecular formula is C72H90ClFN10O2S. The molecule has 0 amide bonds. The maximum atomic E-state index is 14.5. The Morgan fingerprint density at radius 1 is 0.782 bits per heavy atom. The van der Waals surface area contributed by atoms with Gasteiger partial charge in [-0.3, -0.25) is 4.57 Å². The summed E-state index contributed by atoms with van der Waals surface area (Å²) in [5.74, 6) is 7.77. The highest BCUT2D eigenvalue weighted by molar-refractivity contribution is 7.16. The van der Waals surface area contributed by atoms with Crippen molar-refractivity contribution >= 4 is 56.4 Å². The first-order valence-electron chi connectivity index (χ1n) is 30.9. The highest BCUT2D eigenvalue weighted by Gasteiger charge is 2.32. The molecule has 0 saturated heterocycles. The number of ether oxygens (including phenoxy) is 2. The Bertz CT molecular complexity index is 3940. The highest BCUT2D eigenvalue weighted by Crippen LogP contribution is 2.45. The van der Waals surface area contributed by atoms with E-state index in [0.29, 0.717) is 29.1 Å². The van der Waals surface area contributed by atoms with E-state index in [-0.39, 0.29) is 11.9 Å². The van der Waals surface area contributed by atoms with E-state index >= 15 is 0 Å². The molecule has 0 spiro atoms. The van der Waals surface area contributed by atoms with Gasteiger partial charge in [-0.05, 0) is 196 Å². The molecule has 460 valence electrons. The maximum absolute atomic E-state index is 14.5. The summed E-state index contributed by atoms with van der Waals surface area (Å²) < 4.78 is 29.5. The van der Waals surface area contributed by atoms with Crippen molar-refractivity contribution in [3.63, 3.8) is 0 Å². The molecule has 87 heavy (non-hydrogen) atoms. The number of benzene rings is 4. The SMILES string of the molecule is C#CCN(c1nc(-c2cc(C)c(OC)cc2Cl)c(C)s1)[C@@H](CC1CC1)c1ccc(C)c(F)c1.CCC(CC)Nc1cc(C)nc2c(-c3ccc(OC)cc3C)c(C)nn12.CCCCN(CC)c1nc(C)nc2c1c(C)c(C)n2-c1c(C)cc(C)cc1C. The topological polar surface area (TPSA) is 111 Å². The lowest BCUT2D eigenvalue weighted by Gasteiger charge is -2.31. The van der Waals surface area contributed by atoms with Crippen molar-refractivity contribution in [2.75, 3.05) is 49.0 Å². The Morgan fingerprint density at radius 2 is 1.49 bits per heavy atom. The van der Waals surface area contributed by atoms with Crippen molar-refractivity contribution in [1.82, 2.24) is 34.1 Å². The number of hydrogen-bond acceptors (Lipinski definition) is 11. The molecule has 1 N–H and O–H groups in total. The molecule has 1 aliphatic carbocycles. The van der Waals surface area contributed by atoms with Crippen LogP contribution in [0.1, 0.15) is 151 Å². The Labute approximate surface area is 526 Å². The van der Waals surface area contributed by atoms with E-state index in [1.54, 1.807) is 38.5 Å². The molecule has 1 saturated carbocycles. The van der Waals surface area contributed by atoms with Crippen LogP contribution in [0.5, 0.6) is 11.5 Å². The van der Waals surface area contributed by atoms with E-state index in [9.17, 15) is 4.39 Å². The standard InChI is InChI=1S/C27H28ClFN2OS.C24H34N4.C21H28N4O/c1-6-11-31(24(13-19-8-9-19)20-10-7-16(2)23(29)14-20)27-30-26(18(4)33-27)21-12-17(3)25(32-5)15-22(21)28;1-9-11-12-27(10-2)23-21-18(6)19(7)28(24(21)26-20(8)25-23)22-16(4)13-15(3)14-17(22)5;1-7-16(8-2)23-19-12-14(4)22-21-20(15(5)24-25(19)21)18-10-9-17(26-6)11-13(18)3/h1,7,10,12,14-15,19,24H,8-9,11,13H2,2-5H3;13-14H,9-12H2,1-8H3;9-12,16,23H,7-8H2,1-6H3/t24-;;/m0../s1. The van der Waals surface area contributed by atoms with Crippen LogP contribution in [-0.4, -0.2) is 74.0 Å². The molecule has 0 unspecified atom stereocenters. The van der Waals surface area contributed by atoms with Gasteiger partial charge in [-0.25, -0.2) is 24.3 Å². The number of hydrogen-bond donors (Lipinski definition) is 1. The molecule has 5 aromatic heterocycles. The Kier molecular flexibility index (Phi) is 21.5. The average molecular weight is 1210 g/mol. The largest absolute Gasteiger partial charge is 0.497 e. The normalized spacial score (nSPS) is 12.4. The van der Waals surface area contributed by atoms with Crippen molar-refractivity contribution in [2.24, 2.45) is 5.92 Å². The summed E-state index contributed by atoms with van der Waals surface area (Å²) in [6, 6.07) is 22.5. The van der Waals surface area contributed by atoms with Gasteiger partial charge in [0.15, 0.2) is 16.4 Å². The minimum atomic E-state index is -0.189. The quantitative estimate of drug-likeness (QED) is 0.0741. The second kappa shape index (κ2) is 28.6. The summed E-state index contributed by atoms with van der Waals surface area (Å²) in [5.41, 5.74) is 19.2.